The minimum atomic E-state index is -0.773. The Labute approximate surface area is 114 Å². The molecule has 0 saturated carbocycles. The Bertz CT molecular complexity index is 643. The minimum Gasteiger partial charge on any atom is -0.322 e. The Morgan fingerprint density at radius 2 is 1.89 bits per heavy atom. The maximum absolute atomic E-state index is 13.4. The number of amides is 1. The third-order valence-electron chi connectivity index (χ3n) is 2.61. The SMILES string of the molecule is Cc1cc(Cl)ccc1NC(=O)c1cc(F)ccc1F. The lowest BCUT2D eigenvalue weighted by Gasteiger charge is -2.09. The molecule has 0 heterocycles. The van der Waals surface area contributed by atoms with E-state index in [0.717, 1.165) is 23.8 Å². The van der Waals surface area contributed by atoms with Gasteiger partial charge < -0.3 is 5.32 Å². The molecular formula is C14H10ClF2NO. The van der Waals surface area contributed by atoms with Crippen LogP contribution in [0.3, 0.4) is 0 Å². The van der Waals surface area contributed by atoms with Gasteiger partial charge in [-0.1, -0.05) is 11.6 Å². The van der Waals surface area contributed by atoms with E-state index in [4.69, 9.17) is 11.6 Å². The average Bonchev–Trinajstić information content (AvgIpc) is 2.35. The first kappa shape index (κ1) is 13.5. The van der Waals surface area contributed by atoms with Crippen LogP contribution in [-0.2, 0) is 0 Å². The first-order valence-electron chi connectivity index (χ1n) is 5.50. The van der Waals surface area contributed by atoms with Gasteiger partial charge in [0.2, 0.25) is 0 Å². The molecule has 0 radical (unpaired) electrons. The van der Waals surface area contributed by atoms with E-state index in [9.17, 15) is 13.6 Å². The fourth-order valence-electron chi connectivity index (χ4n) is 1.63. The van der Waals surface area contributed by atoms with E-state index in [0.29, 0.717) is 10.7 Å². The second-order valence-electron chi connectivity index (χ2n) is 4.04. The van der Waals surface area contributed by atoms with Gasteiger partial charge in [-0.3, -0.25) is 4.79 Å². The van der Waals surface area contributed by atoms with Crippen LogP contribution in [-0.4, -0.2) is 5.91 Å². The quantitative estimate of drug-likeness (QED) is 0.879. The van der Waals surface area contributed by atoms with Crippen molar-refractivity contribution in [2.45, 2.75) is 6.92 Å². The summed E-state index contributed by atoms with van der Waals surface area (Å²) in [5.41, 5.74) is 0.894. The Kier molecular flexibility index (Phi) is 3.81. The molecule has 0 aliphatic rings. The van der Waals surface area contributed by atoms with E-state index in [1.54, 1.807) is 25.1 Å². The molecule has 2 rings (SSSR count). The second-order valence-corrected chi connectivity index (χ2v) is 4.47. The summed E-state index contributed by atoms with van der Waals surface area (Å²) in [7, 11) is 0. The van der Waals surface area contributed by atoms with Crippen LogP contribution in [0.15, 0.2) is 36.4 Å². The van der Waals surface area contributed by atoms with Gasteiger partial charge in [0.1, 0.15) is 11.6 Å². The molecule has 2 aromatic carbocycles. The third-order valence-corrected chi connectivity index (χ3v) is 2.84. The number of halogens is 3. The summed E-state index contributed by atoms with van der Waals surface area (Å²) in [5, 5.41) is 3.05. The highest BCUT2D eigenvalue weighted by atomic mass is 35.5. The molecule has 0 aliphatic carbocycles. The first-order valence-corrected chi connectivity index (χ1v) is 5.88. The first-order chi connectivity index (χ1) is 8.97. The Hall–Kier alpha value is -1.94. The van der Waals surface area contributed by atoms with Gasteiger partial charge in [-0.15, -0.1) is 0 Å². The van der Waals surface area contributed by atoms with Crippen LogP contribution in [0.5, 0.6) is 0 Å². The van der Waals surface area contributed by atoms with Crippen molar-refractivity contribution in [2.75, 3.05) is 5.32 Å². The average molecular weight is 282 g/mol. The van der Waals surface area contributed by atoms with Crippen molar-refractivity contribution >= 4 is 23.2 Å². The van der Waals surface area contributed by atoms with Gasteiger partial charge in [-0.2, -0.15) is 0 Å². The monoisotopic (exact) mass is 281 g/mol. The molecule has 0 unspecified atom stereocenters. The number of carbonyl (C=O) groups is 1. The minimum absolute atomic E-state index is 0.339. The molecule has 98 valence electrons. The third kappa shape index (κ3) is 3.09. The lowest BCUT2D eigenvalue weighted by molar-refractivity contribution is 0.102. The number of hydrogen-bond acceptors (Lipinski definition) is 1. The van der Waals surface area contributed by atoms with Crippen molar-refractivity contribution in [2.24, 2.45) is 0 Å². The molecule has 2 aromatic rings. The fraction of sp³-hybridized carbons (Fsp3) is 0.0714. The molecule has 19 heavy (non-hydrogen) atoms. The van der Waals surface area contributed by atoms with Gasteiger partial charge in [0.25, 0.3) is 5.91 Å². The second kappa shape index (κ2) is 5.36. The van der Waals surface area contributed by atoms with E-state index in [2.05, 4.69) is 5.32 Å². The molecule has 0 atom stereocenters. The van der Waals surface area contributed by atoms with Crippen LogP contribution in [0.1, 0.15) is 15.9 Å². The molecule has 1 N–H and O–H groups in total. The highest BCUT2D eigenvalue weighted by molar-refractivity contribution is 6.30. The van der Waals surface area contributed by atoms with Gasteiger partial charge >= 0.3 is 0 Å². The molecule has 0 aliphatic heterocycles. The van der Waals surface area contributed by atoms with E-state index in [-0.39, 0.29) is 5.56 Å². The topological polar surface area (TPSA) is 29.1 Å². The lowest BCUT2D eigenvalue weighted by Crippen LogP contribution is -2.14. The zero-order valence-corrected chi connectivity index (χ0v) is 10.8. The molecule has 0 saturated heterocycles. The van der Waals surface area contributed by atoms with E-state index in [1.165, 1.54) is 0 Å². The molecule has 0 bridgehead atoms. The number of benzene rings is 2. The Morgan fingerprint density at radius 3 is 2.58 bits per heavy atom. The van der Waals surface area contributed by atoms with Crippen molar-refractivity contribution in [3.05, 3.63) is 64.2 Å². The number of aryl methyl sites for hydroxylation is 1. The van der Waals surface area contributed by atoms with Crippen molar-refractivity contribution < 1.29 is 13.6 Å². The number of nitrogens with one attached hydrogen (secondary N) is 1. The number of anilines is 1. The highest BCUT2D eigenvalue weighted by Gasteiger charge is 2.13. The van der Waals surface area contributed by atoms with Gasteiger partial charge in [0.05, 0.1) is 5.56 Å². The molecule has 0 aromatic heterocycles. The van der Waals surface area contributed by atoms with Crippen molar-refractivity contribution in [1.82, 2.24) is 0 Å². The van der Waals surface area contributed by atoms with Crippen LogP contribution in [0.2, 0.25) is 5.02 Å². The maximum atomic E-state index is 13.4. The zero-order chi connectivity index (χ0) is 14.0. The van der Waals surface area contributed by atoms with Crippen LogP contribution in [0, 0.1) is 18.6 Å². The Morgan fingerprint density at radius 1 is 1.16 bits per heavy atom. The normalized spacial score (nSPS) is 10.3. The molecule has 0 fully saturated rings. The highest BCUT2D eigenvalue weighted by Crippen LogP contribution is 2.21. The predicted molar refractivity (Wildman–Crippen MR) is 70.5 cm³/mol. The number of hydrogen-bond donors (Lipinski definition) is 1. The fourth-order valence-corrected chi connectivity index (χ4v) is 1.86. The standard InChI is InChI=1S/C14H10ClF2NO/c1-8-6-9(15)2-5-13(8)18-14(19)11-7-10(16)3-4-12(11)17/h2-7H,1H3,(H,18,19). The molecule has 5 heteroatoms. The predicted octanol–water partition coefficient (Wildman–Crippen LogP) is 4.18. The molecule has 0 spiro atoms. The van der Waals surface area contributed by atoms with Gasteiger partial charge in [-0.05, 0) is 48.9 Å². The van der Waals surface area contributed by atoms with Crippen LogP contribution in [0.4, 0.5) is 14.5 Å². The summed E-state index contributed by atoms with van der Waals surface area (Å²) < 4.78 is 26.5. The van der Waals surface area contributed by atoms with E-state index in [1.807, 2.05) is 0 Å². The summed E-state index contributed by atoms with van der Waals surface area (Å²) in [4.78, 5) is 11.9. The summed E-state index contributed by atoms with van der Waals surface area (Å²) in [5.74, 6) is -2.15. The van der Waals surface area contributed by atoms with Crippen LogP contribution >= 0.6 is 11.6 Å². The van der Waals surface area contributed by atoms with Crippen LogP contribution < -0.4 is 5.32 Å². The lowest BCUT2D eigenvalue weighted by atomic mass is 10.1. The molecule has 1 amide bonds. The Balaban J connectivity index is 2.28. The van der Waals surface area contributed by atoms with Gasteiger partial charge in [-0.25, -0.2) is 8.78 Å². The summed E-state index contributed by atoms with van der Waals surface area (Å²) in [6, 6.07) is 7.60. The van der Waals surface area contributed by atoms with Crippen molar-refractivity contribution in [3.63, 3.8) is 0 Å². The zero-order valence-electron chi connectivity index (χ0n) is 10.0. The number of carbonyl (C=O) groups excluding carboxylic acids is 1. The van der Waals surface area contributed by atoms with Crippen LogP contribution in [0.25, 0.3) is 0 Å². The summed E-state index contributed by atoms with van der Waals surface area (Å²) in [6.07, 6.45) is 0. The summed E-state index contributed by atoms with van der Waals surface area (Å²) in [6.45, 7) is 1.75. The maximum Gasteiger partial charge on any atom is 0.258 e. The van der Waals surface area contributed by atoms with E-state index >= 15 is 0 Å². The smallest absolute Gasteiger partial charge is 0.258 e. The molecular weight excluding hydrogens is 272 g/mol. The van der Waals surface area contributed by atoms with Gasteiger partial charge in [0.15, 0.2) is 0 Å². The summed E-state index contributed by atoms with van der Waals surface area (Å²) >= 11 is 5.79. The largest absolute Gasteiger partial charge is 0.322 e. The van der Waals surface area contributed by atoms with E-state index < -0.39 is 17.5 Å². The van der Waals surface area contributed by atoms with Crippen molar-refractivity contribution in [1.29, 1.82) is 0 Å². The van der Waals surface area contributed by atoms with Gasteiger partial charge in [0, 0.05) is 10.7 Å². The molecule has 2 nitrogen and oxygen atoms in total. The van der Waals surface area contributed by atoms with Crippen molar-refractivity contribution in [3.8, 4) is 0 Å². The number of rotatable bonds is 2.